The van der Waals surface area contributed by atoms with Crippen LogP contribution in [0.15, 0.2) is 36.4 Å². The summed E-state index contributed by atoms with van der Waals surface area (Å²) in [5.41, 5.74) is 12.0. The molecule has 2 aliphatic heterocycles. The second kappa shape index (κ2) is 13.1. The maximum absolute atomic E-state index is 13.7. The Morgan fingerprint density at radius 1 is 0.939 bits per heavy atom. The van der Waals surface area contributed by atoms with Crippen LogP contribution in [0.1, 0.15) is 73.2 Å². The van der Waals surface area contributed by atoms with E-state index in [1.165, 1.54) is 29.3 Å². The fourth-order valence-electron chi connectivity index (χ4n) is 8.54. The molecule has 260 valence electrons. The molecule has 2 aromatic heterocycles. The van der Waals surface area contributed by atoms with Gasteiger partial charge in [-0.05, 0) is 105 Å². The fraction of sp³-hybridized carbons (Fsp3) is 0.564. The maximum Gasteiger partial charge on any atom is 0.254 e. The number of hydrogen-bond acceptors (Lipinski definition) is 6. The SMILES string of the molecule is COc1cc(C(=O)N2CCC[C@@H](CN)C2)cc2nc(-c3cc4cccc(C5CCN(C(=O)C(OC)C6CC6)CC5)c4n3CC3CC3)n(C)c12. The van der Waals surface area contributed by atoms with E-state index in [2.05, 4.69) is 33.4 Å². The van der Waals surface area contributed by atoms with E-state index < -0.39 is 0 Å². The summed E-state index contributed by atoms with van der Waals surface area (Å²) in [7, 11) is 5.39. The number of imidazole rings is 1. The second-order valence-corrected chi connectivity index (χ2v) is 15.0. The number of aromatic nitrogens is 3. The van der Waals surface area contributed by atoms with Crippen molar-refractivity contribution in [1.82, 2.24) is 23.9 Å². The van der Waals surface area contributed by atoms with Crippen LogP contribution in [0.2, 0.25) is 0 Å². The van der Waals surface area contributed by atoms with E-state index in [9.17, 15) is 9.59 Å². The van der Waals surface area contributed by atoms with E-state index in [0.29, 0.717) is 48.1 Å². The molecule has 10 heteroatoms. The molecule has 0 radical (unpaired) electrons. The van der Waals surface area contributed by atoms with Gasteiger partial charge in [0.2, 0.25) is 0 Å². The maximum atomic E-state index is 13.7. The lowest BCUT2D eigenvalue weighted by atomic mass is 9.88. The Morgan fingerprint density at radius 3 is 2.43 bits per heavy atom. The largest absolute Gasteiger partial charge is 0.494 e. The quantitative estimate of drug-likeness (QED) is 0.238. The normalized spacial score (nSPS) is 21.1. The first-order valence-electron chi connectivity index (χ1n) is 18.4. The summed E-state index contributed by atoms with van der Waals surface area (Å²) in [4.78, 5) is 36.2. The number of piperidine rings is 2. The number of amides is 2. The molecule has 10 nitrogen and oxygen atoms in total. The van der Waals surface area contributed by atoms with Gasteiger partial charge >= 0.3 is 0 Å². The topological polar surface area (TPSA) is 108 Å². The Kier molecular flexibility index (Phi) is 8.64. The number of carbonyl (C=O) groups is 2. The molecular formula is C39H50N6O4. The molecule has 1 unspecified atom stereocenters. The minimum Gasteiger partial charge on any atom is -0.494 e. The number of hydrogen-bond donors (Lipinski definition) is 1. The molecule has 2 N–H and O–H groups in total. The van der Waals surface area contributed by atoms with E-state index in [4.69, 9.17) is 20.2 Å². The van der Waals surface area contributed by atoms with Crippen LogP contribution in [-0.2, 0) is 23.1 Å². The van der Waals surface area contributed by atoms with Crippen molar-refractivity contribution < 1.29 is 19.1 Å². The Balaban J connectivity index is 1.14. The summed E-state index contributed by atoms with van der Waals surface area (Å²) < 4.78 is 16.2. The highest BCUT2D eigenvalue weighted by Gasteiger charge is 2.40. The molecule has 8 rings (SSSR count). The summed E-state index contributed by atoms with van der Waals surface area (Å²) in [6.07, 6.45) is 8.31. The highest BCUT2D eigenvalue weighted by molar-refractivity contribution is 6.00. The molecule has 4 fully saturated rings. The Hall–Kier alpha value is -3.89. The molecule has 2 amide bonds. The predicted molar refractivity (Wildman–Crippen MR) is 191 cm³/mol. The lowest BCUT2D eigenvalue weighted by Crippen LogP contribution is -2.45. The smallest absolute Gasteiger partial charge is 0.254 e. The van der Waals surface area contributed by atoms with Gasteiger partial charge in [-0.3, -0.25) is 9.59 Å². The fourth-order valence-corrected chi connectivity index (χ4v) is 8.54. The van der Waals surface area contributed by atoms with Crippen molar-refractivity contribution in [2.75, 3.05) is 46.9 Å². The Bertz CT molecular complexity index is 1880. The summed E-state index contributed by atoms with van der Waals surface area (Å²) in [6.45, 7) is 4.51. The predicted octanol–water partition coefficient (Wildman–Crippen LogP) is 5.56. The Labute approximate surface area is 288 Å². The van der Waals surface area contributed by atoms with Gasteiger partial charge in [0.1, 0.15) is 17.4 Å². The van der Waals surface area contributed by atoms with Gasteiger partial charge in [-0.15, -0.1) is 0 Å². The lowest BCUT2D eigenvalue weighted by Gasteiger charge is -2.34. The minimum atomic E-state index is -0.285. The third kappa shape index (κ3) is 6.01. The molecule has 2 saturated heterocycles. The van der Waals surface area contributed by atoms with Crippen molar-refractivity contribution >= 4 is 33.8 Å². The van der Waals surface area contributed by atoms with Crippen molar-refractivity contribution in [2.24, 2.45) is 30.5 Å². The van der Waals surface area contributed by atoms with Gasteiger partial charge in [-0.2, -0.15) is 0 Å². The summed E-state index contributed by atoms with van der Waals surface area (Å²) in [5.74, 6) is 3.46. The zero-order chi connectivity index (χ0) is 33.8. The molecule has 2 aromatic carbocycles. The van der Waals surface area contributed by atoms with Crippen LogP contribution >= 0.6 is 0 Å². The molecule has 4 heterocycles. The molecule has 2 atom stereocenters. The number of fused-ring (bicyclic) bond motifs is 2. The van der Waals surface area contributed by atoms with Crippen LogP contribution in [0.25, 0.3) is 33.5 Å². The van der Waals surface area contributed by atoms with Crippen molar-refractivity contribution in [1.29, 1.82) is 0 Å². The number of likely N-dealkylation sites (tertiary alicyclic amines) is 2. The van der Waals surface area contributed by atoms with Gasteiger partial charge in [0.05, 0.1) is 23.8 Å². The number of nitrogens with two attached hydrogens (primary N) is 1. The number of benzene rings is 2. The first-order valence-corrected chi connectivity index (χ1v) is 18.4. The molecule has 0 spiro atoms. The summed E-state index contributed by atoms with van der Waals surface area (Å²) >= 11 is 0. The van der Waals surface area contributed by atoms with Crippen molar-refractivity contribution in [3.05, 3.63) is 47.5 Å². The first-order chi connectivity index (χ1) is 23.9. The standard InChI is InChI=1S/C39H50N6O4/c1-42-35-31(18-29(20-33(35)48-2)38(46)44-15-5-6-25(21-40)22-44)41-37(42)32-19-28-7-4-8-30(34(28)45(32)23-24-9-10-24)26-13-16-43(17-14-26)39(47)36(49-3)27-11-12-27/h4,7-8,18-20,24-27,36H,5-6,9-17,21-23,40H2,1-3H3/t25-,36?/m0/s1. The molecular weight excluding hydrogens is 616 g/mol. The van der Waals surface area contributed by atoms with Gasteiger partial charge in [0.15, 0.2) is 5.82 Å². The molecule has 2 aliphatic carbocycles. The number of rotatable bonds is 10. The zero-order valence-corrected chi connectivity index (χ0v) is 29.2. The van der Waals surface area contributed by atoms with E-state index in [1.807, 2.05) is 29.0 Å². The van der Waals surface area contributed by atoms with Crippen LogP contribution < -0.4 is 10.5 Å². The molecule has 4 aliphatic rings. The number of methoxy groups -OCH3 is 2. The summed E-state index contributed by atoms with van der Waals surface area (Å²) in [5, 5.41) is 1.22. The van der Waals surface area contributed by atoms with E-state index >= 15 is 0 Å². The van der Waals surface area contributed by atoms with Crippen LogP contribution in [0.4, 0.5) is 0 Å². The number of carbonyl (C=O) groups excluding carboxylic acids is 2. The first kappa shape index (κ1) is 32.3. The third-order valence-electron chi connectivity index (χ3n) is 11.7. The lowest BCUT2D eigenvalue weighted by molar-refractivity contribution is -0.144. The van der Waals surface area contributed by atoms with Crippen LogP contribution in [0, 0.1) is 17.8 Å². The van der Waals surface area contributed by atoms with Gasteiger partial charge in [-0.1, -0.05) is 18.2 Å². The van der Waals surface area contributed by atoms with Gasteiger partial charge in [0, 0.05) is 57.8 Å². The average Bonchev–Trinajstić information content (AvgIpc) is 4.08. The molecule has 2 saturated carbocycles. The number of nitrogens with zero attached hydrogens (tertiary/aromatic N) is 5. The summed E-state index contributed by atoms with van der Waals surface area (Å²) in [6, 6.07) is 12.8. The van der Waals surface area contributed by atoms with Crippen molar-refractivity contribution in [3.63, 3.8) is 0 Å². The molecule has 0 bridgehead atoms. The molecule has 49 heavy (non-hydrogen) atoms. The van der Waals surface area contributed by atoms with Crippen molar-refractivity contribution in [2.45, 2.75) is 69.9 Å². The van der Waals surface area contributed by atoms with Gasteiger partial charge in [-0.25, -0.2) is 4.98 Å². The van der Waals surface area contributed by atoms with Gasteiger partial charge < -0.3 is 34.1 Å². The monoisotopic (exact) mass is 666 g/mol. The van der Waals surface area contributed by atoms with Crippen LogP contribution in [0.3, 0.4) is 0 Å². The number of ether oxygens (including phenoxy) is 2. The van der Waals surface area contributed by atoms with Crippen molar-refractivity contribution in [3.8, 4) is 17.3 Å². The zero-order valence-electron chi connectivity index (χ0n) is 29.2. The van der Waals surface area contributed by atoms with Crippen LogP contribution in [0.5, 0.6) is 5.75 Å². The third-order valence-corrected chi connectivity index (χ3v) is 11.7. The highest BCUT2D eigenvalue weighted by atomic mass is 16.5. The number of para-hydroxylation sites is 1. The highest BCUT2D eigenvalue weighted by Crippen LogP contribution is 2.42. The Morgan fingerprint density at radius 2 is 1.73 bits per heavy atom. The van der Waals surface area contributed by atoms with E-state index in [1.54, 1.807) is 14.2 Å². The number of aryl methyl sites for hydroxylation is 1. The minimum absolute atomic E-state index is 0.0102. The second-order valence-electron chi connectivity index (χ2n) is 15.0. The van der Waals surface area contributed by atoms with Gasteiger partial charge in [0.25, 0.3) is 11.8 Å². The van der Waals surface area contributed by atoms with Crippen LogP contribution in [-0.4, -0.2) is 88.8 Å². The van der Waals surface area contributed by atoms with E-state index in [-0.39, 0.29) is 17.9 Å². The molecule has 4 aromatic rings. The average molecular weight is 667 g/mol. The van der Waals surface area contributed by atoms with E-state index in [0.717, 1.165) is 87.3 Å².